The molecule has 0 aromatic carbocycles. The van der Waals surface area contributed by atoms with Gasteiger partial charge in [-0.3, -0.25) is 0 Å². The Hall–Kier alpha value is -1.58. The van der Waals surface area contributed by atoms with E-state index in [-0.39, 0.29) is 11.9 Å². The molecule has 17 heavy (non-hydrogen) atoms. The molecule has 0 rings (SSSR count). The fourth-order valence-corrected chi connectivity index (χ4v) is 1.09. The highest BCUT2D eigenvalue weighted by atomic mass is 16.5. The molecule has 0 aliphatic rings. The SMILES string of the molecule is CC=CC(=O)OCCCCCOC(=O)C=CC. The molecule has 0 saturated heterocycles. The number of hydrogen-bond acceptors (Lipinski definition) is 4. The lowest BCUT2D eigenvalue weighted by Crippen LogP contribution is -2.04. The standard InChI is InChI=1S/C13H20O4/c1-3-8-12(14)16-10-6-5-7-11-17-13(15)9-4-2/h3-4,8-9H,5-7,10-11H2,1-2H3. The molecule has 0 unspecified atom stereocenters. The summed E-state index contributed by atoms with van der Waals surface area (Å²) in [4.78, 5) is 21.8. The molecule has 0 aliphatic heterocycles. The van der Waals surface area contributed by atoms with Crippen molar-refractivity contribution in [2.24, 2.45) is 0 Å². The minimum atomic E-state index is -0.313. The van der Waals surface area contributed by atoms with Crippen molar-refractivity contribution in [3.05, 3.63) is 24.3 Å². The second-order valence-corrected chi connectivity index (χ2v) is 3.40. The van der Waals surface area contributed by atoms with E-state index in [1.807, 2.05) is 0 Å². The minimum absolute atomic E-state index is 0.313. The Morgan fingerprint density at radius 2 is 1.24 bits per heavy atom. The molecule has 0 N–H and O–H groups in total. The molecule has 96 valence electrons. The van der Waals surface area contributed by atoms with Crippen molar-refractivity contribution in [2.75, 3.05) is 13.2 Å². The lowest BCUT2D eigenvalue weighted by atomic mass is 10.2. The predicted octanol–water partition coefficient (Wildman–Crippen LogP) is 2.40. The van der Waals surface area contributed by atoms with Gasteiger partial charge >= 0.3 is 11.9 Å². The zero-order chi connectivity index (χ0) is 12.9. The third kappa shape index (κ3) is 10.7. The van der Waals surface area contributed by atoms with Crippen molar-refractivity contribution < 1.29 is 19.1 Å². The molecule has 0 radical (unpaired) electrons. The van der Waals surface area contributed by atoms with Crippen molar-refractivity contribution in [3.8, 4) is 0 Å². The van der Waals surface area contributed by atoms with E-state index in [0.29, 0.717) is 13.2 Å². The summed E-state index contributed by atoms with van der Waals surface area (Å²) in [6, 6.07) is 0. The zero-order valence-electron chi connectivity index (χ0n) is 10.5. The summed E-state index contributed by atoms with van der Waals surface area (Å²) in [6.07, 6.45) is 8.49. The summed E-state index contributed by atoms with van der Waals surface area (Å²) in [5, 5.41) is 0. The monoisotopic (exact) mass is 240 g/mol. The topological polar surface area (TPSA) is 52.6 Å². The van der Waals surface area contributed by atoms with Gasteiger partial charge in [0.15, 0.2) is 0 Å². The average Bonchev–Trinajstić information content (AvgIpc) is 2.28. The molecular weight excluding hydrogens is 220 g/mol. The molecule has 4 nitrogen and oxygen atoms in total. The Kier molecular flexibility index (Phi) is 9.91. The molecule has 0 bridgehead atoms. The van der Waals surface area contributed by atoms with Crippen LogP contribution in [0.1, 0.15) is 33.1 Å². The largest absolute Gasteiger partial charge is 0.463 e. The van der Waals surface area contributed by atoms with Crippen molar-refractivity contribution in [3.63, 3.8) is 0 Å². The summed E-state index contributed by atoms with van der Waals surface area (Å²) in [5.41, 5.74) is 0. The average molecular weight is 240 g/mol. The van der Waals surface area contributed by atoms with E-state index in [2.05, 4.69) is 0 Å². The van der Waals surface area contributed by atoms with E-state index in [0.717, 1.165) is 19.3 Å². The lowest BCUT2D eigenvalue weighted by Gasteiger charge is -2.03. The molecule has 0 fully saturated rings. The van der Waals surface area contributed by atoms with E-state index in [1.165, 1.54) is 12.2 Å². The van der Waals surface area contributed by atoms with E-state index >= 15 is 0 Å². The molecule has 0 aromatic rings. The first kappa shape index (κ1) is 15.4. The maximum atomic E-state index is 10.9. The fraction of sp³-hybridized carbons (Fsp3) is 0.538. The molecule has 0 aromatic heterocycles. The van der Waals surface area contributed by atoms with Gasteiger partial charge < -0.3 is 9.47 Å². The summed E-state index contributed by atoms with van der Waals surface area (Å²) in [5.74, 6) is -0.626. The van der Waals surface area contributed by atoms with Gasteiger partial charge in [-0.25, -0.2) is 9.59 Å². The summed E-state index contributed by atoms with van der Waals surface area (Å²) >= 11 is 0. The Morgan fingerprint density at radius 3 is 1.59 bits per heavy atom. The number of ether oxygens (including phenoxy) is 2. The maximum absolute atomic E-state index is 10.9. The van der Waals surface area contributed by atoms with Crippen LogP contribution < -0.4 is 0 Å². The second-order valence-electron chi connectivity index (χ2n) is 3.40. The molecule has 0 saturated carbocycles. The van der Waals surface area contributed by atoms with Gasteiger partial charge in [0.2, 0.25) is 0 Å². The van der Waals surface area contributed by atoms with Gasteiger partial charge in [-0.1, -0.05) is 12.2 Å². The van der Waals surface area contributed by atoms with Crippen LogP contribution in [0.4, 0.5) is 0 Å². The first-order chi connectivity index (χ1) is 8.20. The number of rotatable bonds is 8. The molecule has 4 heteroatoms. The van der Waals surface area contributed by atoms with E-state index in [4.69, 9.17) is 9.47 Å². The third-order valence-corrected chi connectivity index (χ3v) is 1.88. The number of allylic oxidation sites excluding steroid dienone is 2. The first-order valence-electron chi connectivity index (χ1n) is 5.79. The Bertz CT molecular complexity index is 251. The van der Waals surface area contributed by atoms with Gasteiger partial charge in [-0.15, -0.1) is 0 Å². The molecular formula is C13H20O4. The van der Waals surface area contributed by atoms with E-state index < -0.39 is 0 Å². The first-order valence-corrected chi connectivity index (χ1v) is 5.79. The van der Waals surface area contributed by atoms with Crippen molar-refractivity contribution in [2.45, 2.75) is 33.1 Å². The fourth-order valence-electron chi connectivity index (χ4n) is 1.09. The highest BCUT2D eigenvalue weighted by molar-refractivity contribution is 5.82. The van der Waals surface area contributed by atoms with Crippen LogP contribution in [0.25, 0.3) is 0 Å². The zero-order valence-corrected chi connectivity index (χ0v) is 10.5. The highest BCUT2D eigenvalue weighted by Crippen LogP contribution is 1.97. The van der Waals surface area contributed by atoms with Crippen LogP contribution in [0.15, 0.2) is 24.3 Å². The number of hydrogen-bond donors (Lipinski definition) is 0. The van der Waals surface area contributed by atoms with E-state index in [1.54, 1.807) is 26.0 Å². The van der Waals surface area contributed by atoms with E-state index in [9.17, 15) is 9.59 Å². The van der Waals surface area contributed by atoms with Crippen molar-refractivity contribution >= 4 is 11.9 Å². The number of carbonyl (C=O) groups is 2. The Balaban J connectivity index is 3.30. The number of esters is 2. The van der Waals surface area contributed by atoms with Crippen LogP contribution >= 0.6 is 0 Å². The third-order valence-electron chi connectivity index (χ3n) is 1.88. The Morgan fingerprint density at radius 1 is 0.824 bits per heavy atom. The van der Waals surface area contributed by atoms with Crippen LogP contribution in [-0.2, 0) is 19.1 Å². The van der Waals surface area contributed by atoms with Gasteiger partial charge in [-0.2, -0.15) is 0 Å². The Labute approximate surface area is 102 Å². The van der Waals surface area contributed by atoms with Crippen molar-refractivity contribution in [1.82, 2.24) is 0 Å². The highest BCUT2D eigenvalue weighted by Gasteiger charge is 1.97. The van der Waals surface area contributed by atoms with Crippen LogP contribution in [-0.4, -0.2) is 25.2 Å². The van der Waals surface area contributed by atoms with Gasteiger partial charge in [0.1, 0.15) is 0 Å². The smallest absolute Gasteiger partial charge is 0.330 e. The summed E-state index contributed by atoms with van der Waals surface area (Å²) in [6.45, 7) is 4.35. The van der Waals surface area contributed by atoms with Crippen molar-refractivity contribution in [1.29, 1.82) is 0 Å². The minimum Gasteiger partial charge on any atom is -0.463 e. The van der Waals surface area contributed by atoms with Gasteiger partial charge in [-0.05, 0) is 33.1 Å². The van der Waals surface area contributed by atoms with Crippen LogP contribution in [0.2, 0.25) is 0 Å². The molecule has 0 atom stereocenters. The van der Waals surface area contributed by atoms with Crippen LogP contribution in [0.5, 0.6) is 0 Å². The molecule has 0 heterocycles. The van der Waals surface area contributed by atoms with Crippen LogP contribution in [0, 0.1) is 0 Å². The molecule has 0 amide bonds. The second kappa shape index (κ2) is 10.9. The summed E-state index contributed by atoms with van der Waals surface area (Å²) in [7, 11) is 0. The van der Waals surface area contributed by atoms with Gasteiger partial charge in [0, 0.05) is 12.2 Å². The van der Waals surface area contributed by atoms with Crippen LogP contribution in [0.3, 0.4) is 0 Å². The maximum Gasteiger partial charge on any atom is 0.330 e. The number of carbonyl (C=O) groups excluding carboxylic acids is 2. The quantitative estimate of drug-likeness (QED) is 0.371. The number of unbranched alkanes of at least 4 members (excludes halogenated alkanes) is 2. The van der Waals surface area contributed by atoms with Gasteiger partial charge in [0.25, 0.3) is 0 Å². The lowest BCUT2D eigenvalue weighted by molar-refractivity contribution is -0.138. The van der Waals surface area contributed by atoms with Gasteiger partial charge in [0.05, 0.1) is 13.2 Å². The molecule has 0 aliphatic carbocycles. The summed E-state index contributed by atoms with van der Waals surface area (Å²) < 4.78 is 9.81. The predicted molar refractivity (Wildman–Crippen MR) is 65.4 cm³/mol. The molecule has 0 spiro atoms. The normalized spacial score (nSPS) is 10.9.